The lowest BCUT2D eigenvalue weighted by molar-refractivity contribution is -0.126. The molecule has 2 aromatic carbocycles. The summed E-state index contributed by atoms with van der Waals surface area (Å²) in [6.45, 7) is 2.63. The number of piperazine rings is 1. The van der Waals surface area contributed by atoms with E-state index < -0.39 is 0 Å². The summed E-state index contributed by atoms with van der Waals surface area (Å²) in [5, 5.41) is 4.76. The molecule has 0 unspecified atom stereocenters. The fourth-order valence-electron chi connectivity index (χ4n) is 4.05. The van der Waals surface area contributed by atoms with Gasteiger partial charge in [0.25, 0.3) is 0 Å². The summed E-state index contributed by atoms with van der Waals surface area (Å²) in [6.07, 6.45) is 8.85. The SMILES string of the molecule is O=C(/C=C/c1cn(-c2ccccc2)nc1-c1cccnc1)N1CCN(c2ccc(F)cc2)CC1. The highest BCUT2D eigenvalue weighted by molar-refractivity contribution is 5.93. The molecule has 0 aliphatic carbocycles. The Kier molecular flexibility index (Phi) is 6.16. The van der Waals surface area contributed by atoms with E-state index in [4.69, 9.17) is 5.10 Å². The first-order chi connectivity index (χ1) is 16.7. The maximum atomic E-state index is 13.2. The smallest absolute Gasteiger partial charge is 0.246 e. The average Bonchev–Trinajstić information content (AvgIpc) is 3.33. The Labute approximate surface area is 197 Å². The lowest BCUT2D eigenvalue weighted by Crippen LogP contribution is -2.48. The van der Waals surface area contributed by atoms with E-state index >= 15 is 0 Å². The van der Waals surface area contributed by atoms with Crippen molar-refractivity contribution in [3.05, 3.63) is 103 Å². The molecule has 2 aromatic heterocycles. The van der Waals surface area contributed by atoms with Gasteiger partial charge in [-0.2, -0.15) is 5.10 Å². The van der Waals surface area contributed by atoms with Crippen molar-refractivity contribution < 1.29 is 9.18 Å². The van der Waals surface area contributed by atoms with Gasteiger partial charge in [-0.3, -0.25) is 9.78 Å². The van der Waals surface area contributed by atoms with Crippen molar-refractivity contribution in [2.24, 2.45) is 0 Å². The Morgan fingerprint density at radius 2 is 1.65 bits per heavy atom. The number of hydrogen-bond acceptors (Lipinski definition) is 4. The Bertz CT molecular complexity index is 1280. The lowest BCUT2D eigenvalue weighted by Gasteiger charge is -2.35. The number of amides is 1. The normalized spacial score (nSPS) is 14.0. The molecule has 0 spiro atoms. The first kappa shape index (κ1) is 21.6. The second kappa shape index (κ2) is 9.70. The Balaban J connectivity index is 1.32. The van der Waals surface area contributed by atoms with Crippen LogP contribution in [0.3, 0.4) is 0 Å². The summed E-state index contributed by atoms with van der Waals surface area (Å²) in [5.41, 5.74) is 4.41. The van der Waals surface area contributed by atoms with Crippen LogP contribution in [0.4, 0.5) is 10.1 Å². The van der Waals surface area contributed by atoms with E-state index in [1.807, 2.05) is 64.3 Å². The summed E-state index contributed by atoms with van der Waals surface area (Å²) < 4.78 is 15.0. The third-order valence-electron chi connectivity index (χ3n) is 5.89. The van der Waals surface area contributed by atoms with Crippen molar-refractivity contribution in [2.75, 3.05) is 31.1 Å². The number of carbonyl (C=O) groups excluding carboxylic acids is 1. The average molecular weight is 454 g/mol. The number of carbonyl (C=O) groups is 1. The Morgan fingerprint density at radius 1 is 0.882 bits per heavy atom. The van der Waals surface area contributed by atoms with Crippen molar-refractivity contribution in [1.82, 2.24) is 19.7 Å². The standard InChI is InChI=1S/C27H24FN5O/c28-23-9-11-24(12-10-23)31-15-17-32(18-16-31)26(34)13-8-22-20-33(25-6-2-1-3-7-25)30-27(22)21-5-4-14-29-19-21/h1-14,19-20H,15-18H2/b13-8+. The molecule has 5 rings (SSSR count). The van der Waals surface area contributed by atoms with Crippen molar-refractivity contribution in [2.45, 2.75) is 0 Å². The van der Waals surface area contributed by atoms with Crippen LogP contribution < -0.4 is 4.90 Å². The summed E-state index contributed by atoms with van der Waals surface area (Å²) in [7, 11) is 0. The number of nitrogens with zero attached hydrogens (tertiary/aromatic N) is 5. The van der Waals surface area contributed by atoms with Gasteiger partial charge >= 0.3 is 0 Å². The molecule has 0 atom stereocenters. The molecular formula is C27H24FN5O. The van der Waals surface area contributed by atoms with E-state index in [9.17, 15) is 9.18 Å². The molecule has 1 saturated heterocycles. The largest absolute Gasteiger partial charge is 0.368 e. The fourth-order valence-corrected chi connectivity index (χ4v) is 4.05. The van der Waals surface area contributed by atoms with E-state index in [1.54, 1.807) is 30.6 Å². The highest BCUT2D eigenvalue weighted by Gasteiger charge is 2.20. The highest BCUT2D eigenvalue weighted by Crippen LogP contribution is 2.24. The fraction of sp³-hybridized carbons (Fsp3) is 0.148. The summed E-state index contributed by atoms with van der Waals surface area (Å²) >= 11 is 0. The molecule has 0 bridgehead atoms. The van der Waals surface area contributed by atoms with E-state index in [0.29, 0.717) is 26.2 Å². The van der Waals surface area contributed by atoms with Gasteiger partial charge in [0.2, 0.25) is 5.91 Å². The van der Waals surface area contributed by atoms with Crippen molar-refractivity contribution in [3.8, 4) is 16.9 Å². The van der Waals surface area contributed by atoms with Crippen LogP contribution in [0, 0.1) is 5.82 Å². The van der Waals surface area contributed by atoms with Crippen LogP contribution in [0.25, 0.3) is 23.0 Å². The van der Waals surface area contributed by atoms with Gasteiger partial charge in [-0.1, -0.05) is 18.2 Å². The molecule has 0 radical (unpaired) electrons. The van der Waals surface area contributed by atoms with E-state index in [1.165, 1.54) is 12.1 Å². The van der Waals surface area contributed by atoms with Crippen LogP contribution in [0.5, 0.6) is 0 Å². The molecular weight excluding hydrogens is 429 g/mol. The van der Waals surface area contributed by atoms with Crippen molar-refractivity contribution in [3.63, 3.8) is 0 Å². The highest BCUT2D eigenvalue weighted by atomic mass is 19.1. The summed E-state index contributed by atoms with van der Waals surface area (Å²) in [4.78, 5) is 21.1. The van der Waals surface area contributed by atoms with Crippen LogP contribution in [-0.4, -0.2) is 51.8 Å². The van der Waals surface area contributed by atoms with Gasteiger partial charge in [0.15, 0.2) is 0 Å². The minimum atomic E-state index is -0.246. The predicted molar refractivity (Wildman–Crippen MR) is 131 cm³/mol. The number of halogens is 1. The number of aromatic nitrogens is 3. The number of benzene rings is 2. The van der Waals surface area contributed by atoms with Gasteiger partial charge in [0.1, 0.15) is 11.5 Å². The van der Waals surface area contributed by atoms with Gasteiger partial charge in [-0.25, -0.2) is 9.07 Å². The third kappa shape index (κ3) is 4.73. The molecule has 34 heavy (non-hydrogen) atoms. The van der Waals surface area contributed by atoms with E-state index in [0.717, 1.165) is 28.2 Å². The third-order valence-corrected chi connectivity index (χ3v) is 5.89. The number of para-hydroxylation sites is 1. The molecule has 1 aliphatic rings. The minimum Gasteiger partial charge on any atom is -0.368 e. The quantitative estimate of drug-likeness (QED) is 0.420. The van der Waals surface area contributed by atoms with Crippen LogP contribution in [0.2, 0.25) is 0 Å². The molecule has 0 N–H and O–H groups in total. The zero-order valence-corrected chi connectivity index (χ0v) is 18.6. The lowest BCUT2D eigenvalue weighted by atomic mass is 10.1. The van der Waals surface area contributed by atoms with Gasteiger partial charge < -0.3 is 9.80 Å². The summed E-state index contributed by atoms with van der Waals surface area (Å²) in [6, 6.07) is 20.2. The number of anilines is 1. The van der Waals surface area contributed by atoms with Crippen LogP contribution in [-0.2, 0) is 4.79 Å². The van der Waals surface area contributed by atoms with Gasteiger partial charge in [0.05, 0.1) is 5.69 Å². The Hall–Kier alpha value is -4.26. The van der Waals surface area contributed by atoms with Gasteiger partial charge in [0, 0.05) is 67.7 Å². The minimum absolute atomic E-state index is 0.0386. The molecule has 1 amide bonds. The zero-order chi connectivity index (χ0) is 23.3. The van der Waals surface area contributed by atoms with Crippen LogP contribution >= 0.6 is 0 Å². The first-order valence-corrected chi connectivity index (χ1v) is 11.2. The maximum absolute atomic E-state index is 13.2. The zero-order valence-electron chi connectivity index (χ0n) is 18.6. The number of pyridine rings is 1. The number of rotatable bonds is 5. The molecule has 1 fully saturated rings. The monoisotopic (exact) mass is 453 g/mol. The maximum Gasteiger partial charge on any atom is 0.246 e. The van der Waals surface area contributed by atoms with E-state index in [-0.39, 0.29) is 11.7 Å². The van der Waals surface area contributed by atoms with Crippen molar-refractivity contribution >= 4 is 17.7 Å². The van der Waals surface area contributed by atoms with Gasteiger partial charge in [-0.15, -0.1) is 0 Å². The molecule has 4 aromatic rings. The van der Waals surface area contributed by atoms with Crippen LogP contribution in [0.15, 0.2) is 91.4 Å². The molecule has 3 heterocycles. The molecule has 170 valence electrons. The topological polar surface area (TPSA) is 54.3 Å². The molecule has 6 nitrogen and oxygen atoms in total. The summed E-state index contributed by atoms with van der Waals surface area (Å²) in [5.74, 6) is -0.285. The second-order valence-electron chi connectivity index (χ2n) is 8.08. The predicted octanol–water partition coefficient (Wildman–Crippen LogP) is 4.44. The van der Waals surface area contributed by atoms with Crippen LogP contribution in [0.1, 0.15) is 5.56 Å². The molecule has 1 aliphatic heterocycles. The van der Waals surface area contributed by atoms with E-state index in [2.05, 4.69) is 9.88 Å². The second-order valence-corrected chi connectivity index (χ2v) is 8.08. The Morgan fingerprint density at radius 3 is 2.35 bits per heavy atom. The molecule has 7 heteroatoms. The molecule has 0 saturated carbocycles. The first-order valence-electron chi connectivity index (χ1n) is 11.2. The number of hydrogen-bond donors (Lipinski definition) is 0. The van der Waals surface area contributed by atoms with Crippen molar-refractivity contribution in [1.29, 1.82) is 0 Å². The van der Waals surface area contributed by atoms with Gasteiger partial charge in [-0.05, 0) is 54.6 Å².